The maximum Gasteiger partial charge on any atom is 0.277 e. The minimum absolute atomic E-state index is 0.123. The Balaban J connectivity index is 1.62. The zero-order valence-corrected chi connectivity index (χ0v) is 36.8. The Bertz CT molecular complexity index is 1880. The molecule has 298 valence electrons. The molecule has 0 aliphatic rings. The third-order valence-corrected chi connectivity index (χ3v) is 15.9. The normalized spacial score (nSPS) is 13.1. The van der Waals surface area contributed by atoms with E-state index in [4.69, 9.17) is 28.6 Å². The molecule has 0 aliphatic heterocycles. The fourth-order valence-corrected chi connectivity index (χ4v) is 6.98. The predicted molar refractivity (Wildman–Crippen MR) is 221 cm³/mol. The first-order valence-corrected chi connectivity index (χ1v) is 25.5. The summed E-state index contributed by atoms with van der Waals surface area (Å²) in [6.07, 6.45) is 7.49. The maximum atomic E-state index is 13.2. The van der Waals surface area contributed by atoms with E-state index in [1.165, 1.54) is 4.68 Å². The predicted octanol–water partition coefficient (Wildman–Crippen LogP) is 7.10. The number of aromatic nitrogens is 7. The van der Waals surface area contributed by atoms with Crippen LogP contribution in [-0.2, 0) is 29.5 Å². The molecule has 0 amide bonds. The Hall–Kier alpha value is -3.84. The number of nitrogens with one attached hydrogen (secondary N) is 1. The summed E-state index contributed by atoms with van der Waals surface area (Å²) in [5, 5.41) is 8.10. The van der Waals surface area contributed by atoms with Crippen molar-refractivity contribution in [3.63, 3.8) is 0 Å². The van der Waals surface area contributed by atoms with Gasteiger partial charge in [-0.15, -0.1) is 0 Å². The van der Waals surface area contributed by atoms with Gasteiger partial charge in [-0.25, -0.2) is 19.6 Å². The van der Waals surface area contributed by atoms with Gasteiger partial charge in [-0.05, 0) is 58.2 Å². The van der Waals surface area contributed by atoms with Gasteiger partial charge in [0.15, 0.2) is 14.1 Å². The highest BCUT2D eigenvalue weighted by atomic mass is 28.4. The Morgan fingerprint density at radius 1 is 1.00 bits per heavy atom. The number of likely N-dealkylation sites (N-methyl/N-ethyl adjacent to an activating group) is 1. The third kappa shape index (κ3) is 11.6. The van der Waals surface area contributed by atoms with E-state index in [1.807, 2.05) is 38.0 Å². The monoisotopic (exact) mass is 781 g/mol. The van der Waals surface area contributed by atoms with Gasteiger partial charge in [0.25, 0.3) is 5.56 Å². The van der Waals surface area contributed by atoms with Gasteiger partial charge in [0.2, 0.25) is 5.88 Å². The van der Waals surface area contributed by atoms with E-state index in [-0.39, 0.29) is 23.4 Å². The first-order chi connectivity index (χ1) is 25.3. The van der Waals surface area contributed by atoms with Gasteiger partial charge in [0, 0.05) is 71.5 Å². The van der Waals surface area contributed by atoms with Crippen LogP contribution in [-0.4, -0.2) is 102 Å². The second-order valence-electron chi connectivity index (χ2n) is 16.8. The summed E-state index contributed by atoms with van der Waals surface area (Å²) >= 11 is 0. The Morgan fingerprint density at radius 3 is 2.41 bits per heavy atom. The highest BCUT2D eigenvalue weighted by molar-refractivity contribution is 6.76. The van der Waals surface area contributed by atoms with Gasteiger partial charge in [0.05, 0.1) is 31.0 Å². The van der Waals surface area contributed by atoms with Crippen LogP contribution in [0.25, 0.3) is 22.5 Å². The zero-order chi connectivity index (χ0) is 39.8. The summed E-state index contributed by atoms with van der Waals surface area (Å²) < 4.78 is 30.3. The number of nitrogens with zero attached hydrogens (tertiary/aromatic N) is 8. The molecule has 0 aromatic carbocycles. The summed E-state index contributed by atoms with van der Waals surface area (Å²) in [5.41, 5.74) is 1.73. The molecule has 1 N–H and O–H groups in total. The van der Waals surface area contributed by atoms with Crippen LogP contribution < -0.4 is 20.3 Å². The lowest BCUT2D eigenvalue weighted by Gasteiger charge is -2.36. The number of anilines is 2. The molecule has 1 atom stereocenters. The van der Waals surface area contributed by atoms with Crippen molar-refractivity contribution in [1.29, 1.82) is 0 Å². The van der Waals surface area contributed by atoms with E-state index < -0.39 is 16.4 Å². The second-order valence-corrected chi connectivity index (χ2v) is 27.2. The Labute approximate surface area is 323 Å². The average molecular weight is 782 g/mol. The molecule has 0 saturated carbocycles. The summed E-state index contributed by atoms with van der Waals surface area (Å²) in [4.78, 5) is 29.2. The molecule has 16 heteroatoms. The average Bonchev–Trinajstić information content (AvgIpc) is 3.60. The van der Waals surface area contributed by atoms with Crippen molar-refractivity contribution in [2.24, 2.45) is 7.05 Å². The van der Waals surface area contributed by atoms with Gasteiger partial charge in [-0.3, -0.25) is 14.2 Å². The van der Waals surface area contributed by atoms with E-state index >= 15 is 0 Å². The van der Waals surface area contributed by atoms with E-state index in [0.717, 1.165) is 23.7 Å². The number of rotatable bonds is 20. The lowest BCUT2D eigenvalue weighted by atomic mass is 10.1. The van der Waals surface area contributed by atoms with E-state index in [1.54, 1.807) is 36.4 Å². The smallest absolute Gasteiger partial charge is 0.277 e. The Kier molecular flexibility index (Phi) is 14.5. The van der Waals surface area contributed by atoms with Crippen molar-refractivity contribution >= 4 is 28.0 Å². The molecule has 0 spiro atoms. The van der Waals surface area contributed by atoms with Crippen molar-refractivity contribution in [2.45, 2.75) is 104 Å². The zero-order valence-electron chi connectivity index (χ0n) is 34.8. The first kappa shape index (κ1) is 42.9. The summed E-state index contributed by atoms with van der Waals surface area (Å²) in [6, 6.07) is 4.65. The Morgan fingerprint density at radius 2 is 1.74 bits per heavy atom. The van der Waals surface area contributed by atoms with Gasteiger partial charge in [0.1, 0.15) is 29.7 Å². The van der Waals surface area contributed by atoms with E-state index in [9.17, 15) is 4.79 Å². The molecule has 4 aromatic rings. The molecule has 0 saturated heterocycles. The lowest BCUT2D eigenvalue weighted by Crippen LogP contribution is -2.41. The quantitative estimate of drug-likeness (QED) is 0.0727. The molecule has 4 rings (SSSR count). The SMILES string of the molecule is CCOc1c(-c2cnc(Nc3ccnc(-c4cn(COCC[Si](C)(C)C)n(C)c4=O)n3)cc2O[C@@H](C)CCO[Si](C)(C)C(C)(C)C)cnn1CCN(C)C. The molecule has 54 heavy (non-hydrogen) atoms. The van der Waals surface area contributed by atoms with Crippen molar-refractivity contribution < 1.29 is 18.6 Å². The van der Waals surface area contributed by atoms with E-state index in [0.29, 0.717) is 67.4 Å². The molecule has 14 nitrogen and oxygen atoms in total. The topological polar surface area (TPSA) is 136 Å². The highest BCUT2D eigenvalue weighted by Crippen LogP contribution is 2.39. The van der Waals surface area contributed by atoms with Gasteiger partial charge in [-0.1, -0.05) is 40.4 Å². The van der Waals surface area contributed by atoms with Crippen molar-refractivity contribution in [1.82, 2.24) is 39.0 Å². The van der Waals surface area contributed by atoms with Crippen LogP contribution in [0.15, 0.2) is 41.7 Å². The van der Waals surface area contributed by atoms with Gasteiger partial charge in [-0.2, -0.15) is 5.10 Å². The number of ether oxygens (including phenoxy) is 3. The summed E-state index contributed by atoms with van der Waals surface area (Å²) in [6.45, 7) is 25.7. The van der Waals surface area contributed by atoms with Crippen LogP contribution in [0.5, 0.6) is 11.6 Å². The van der Waals surface area contributed by atoms with Gasteiger partial charge >= 0.3 is 0 Å². The van der Waals surface area contributed by atoms with E-state index in [2.05, 4.69) is 80.7 Å². The second kappa shape index (κ2) is 18.2. The van der Waals surface area contributed by atoms with Crippen molar-refractivity contribution in [2.75, 3.05) is 45.8 Å². The fourth-order valence-electron chi connectivity index (χ4n) is 5.16. The van der Waals surface area contributed by atoms with Crippen molar-refractivity contribution in [3.8, 4) is 34.1 Å². The number of hydrogen-bond donors (Lipinski definition) is 1. The fraction of sp³-hybridized carbons (Fsp3) is 0.605. The number of hydrogen-bond acceptors (Lipinski definition) is 11. The first-order valence-electron chi connectivity index (χ1n) is 18.9. The highest BCUT2D eigenvalue weighted by Gasteiger charge is 2.37. The summed E-state index contributed by atoms with van der Waals surface area (Å²) in [7, 11) is 2.65. The largest absolute Gasteiger partial charge is 0.490 e. The molecule has 0 fully saturated rings. The minimum Gasteiger partial charge on any atom is -0.490 e. The van der Waals surface area contributed by atoms with Crippen LogP contribution in [0, 0.1) is 0 Å². The number of pyridine rings is 1. The lowest BCUT2D eigenvalue weighted by molar-refractivity contribution is 0.0703. The molecular formula is C38H63N9O5Si2. The molecular weight excluding hydrogens is 719 g/mol. The molecule has 4 aromatic heterocycles. The third-order valence-electron chi connectivity index (χ3n) is 9.67. The standard InChI is InChI=1S/C38H63N9O5Si2/c1-14-50-37-30(25-41-47(37)19-18-44(6)7)29-24-40-34(23-32(29)52-28(2)16-20-51-54(12,13)38(3,4)5)42-33-15-17-39-35(43-33)31-26-46(45(8)36(31)48)27-49-21-22-53(9,10)11/h15,17,23-26,28H,14,16,18-22,27H2,1-13H3,(H,39,40,42,43)/t28-/m0/s1. The molecule has 0 bridgehead atoms. The van der Waals surface area contributed by atoms with Crippen molar-refractivity contribution in [3.05, 3.63) is 47.3 Å². The molecule has 0 radical (unpaired) electrons. The molecule has 0 unspecified atom stereocenters. The van der Waals surface area contributed by atoms with Crippen LogP contribution in [0.3, 0.4) is 0 Å². The summed E-state index contributed by atoms with van der Waals surface area (Å²) in [5.74, 6) is 2.58. The van der Waals surface area contributed by atoms with Crippen LogP contribution in [0.4, 0.5) is 11.6 Å². The van der Waals surface area contributed by atoms with Gasteiger partial charge < -0.3 is 28.9 Å². The maximum absolute atomic E-state index is 13.2. The molecule has 0 aliphatic carbocycles. The van der Waals surface area contributed by atoms with Crippen LogP contribution in [0.2, 0.25) is 43.8 Å². The van der Waals surface area contributed by atoms with Crippen LogP contribution >= 0.6 is 0 Å². The molecule has 4 heterocycles. The van der Waals surface area contributed by atoms with Crippen LogP contribution in [0.1, 0.15) is 41.0 Å². The minimum atomic E-state index is -1.90.